The summed E-state index contributed by atoms with van der Waals surface area (Å²) in [5.74, 6) is 0. The minimum Gasteiger partial charge on any atom is -0.399 e. The molecule has 5 nitrogen and oxygen atoms in total. The molecule has 6 heteroatoms. The highest BCUT2D eigenvalue weighted by molar-refractivity contribution is 7.92. The van der Waals surface area contributed by atoms with Gasteiger partial charge in [-0.05, 0) is 48.5 Å². The Morgan fingerprint density at radius 1 is 1.05 bits per heavy atom. The summed E-state index contributed by atoms with van der Waals surface area (Å²) in [5, 5.41) is 8.72. The molecule has 2 aromatic carbocycles. The molecule has 2 N–H and O–H groups in total. The molecule has 0 aliphatic heterocycles. The number of anilines is 2. The number of nitrogens with zero attached hydrogens (tertiary/aromatic N) is 2. The predicted octanol–water partition coefficient (Wildman–Crippen LogP) is 1.97. The van der Waals surface area contributed by atoms with Gasteiger partial charge in [0.05, 0.1) is 22.2 Å². The maximum absolute atomic E-state index is 12.4. The molecule has 0 atom stereocenters. The Kier molecular flexibility index (Phi) is 3.63. The summed E-state index contributed by atoms with van der Waals surface area (Å²) in [6.07, 6.45) is 0. The molecule has 0 fully saturated rings. The van der Waals surface area contributed by atoms with Crippen LogP contribution in [0.25, 0.3) is 0 Å². The van der Waals surface area contributed by atoms with Crippen molar-refractivity contribution in [2.24, 2.45) is 0 Å². The molecule has 20 heavy (non-hydrogen) atoms. The smallest absolute Gasteiger partial charge is 0.264 e. The van der Waals surface area contributed by atoms with Crippen molar-refractivity contribution in [1.82, 2.24) is 0 Å². The summed E-state index contributed by atoms with van der Waals surface area (Å²) >= 11 is 0. The number of rotatable bonds is 3. The van der Waals surface area contributed by atoms with Crippen molar-refractivity contribution in [1.29, 1.82) is 5.26 Å². The quantitative estimate of drug-likeness (QED) is 0.874. The van der Waals surface area contributed by atoms with E-state index >= 15 is 0 Å². The van der Waals surface area contributed by atoms with Gasteiger partial charge in [0.1, 0.15) is 0 Å². The van der Waals surface area contributed by atoms with Crippen LogP contribution in [0.15, 0.2) is 53.4 Å². The third-order valence-corrected chi connectivity index (χ3v) is 4.70. The largest absolute Gasteiger partial charge is 0.399 e. The van der Waals surface area contributed by atoms with Gasteiger partial charge in [0.25, 0.3) is 10.0 Å². The topological polar surface area (TPSA) is 87.2 Å². The number of benzene rings is 2. The van der Waals surface area contributed by atoms with Gasteiger partial charge in [-0.1, -0.05) is 0 Å². The lowest BCUT2D eigenvalue weighted by Crippen LogP contribution is -2.26. The Labute approximate surface area is 117 Å². The first-order valence-electron chi connectivity index (χ1n) is 5.80. The van der Waals surface area contributed by atoms with Crippen molar-refractivity contribution in [2.45, 2.75) is 4.90 Å². The van der Waals surface area contributed by atoms with Crippen LogP contribution < -0.4 is 10.0 Å². The first kappa shape index (κ1) is 13.9. The Morgan fingerprint density at radius 2 is 1.60 bits per heavy atom. The van der Waals surface area contributed by atoms with Crippen molar-refractivity contribution in [2.75, 3.05) is 17.1 Å². The van der Waals surface area contributed by atoms with E-state index in [1.54, 1.807) is 24.3 Å². The van der Waals surface area contributed by atoms with Crippen LogP contribution in [-0.4, -0.2) is 15.5 Å². The van der Waals surface area contributed by atoms with Crippen molar-refractivity contribution in [3.63, 3.8) is 0 Å². The average Bonchev–Trinajstić information content (AvgIpc) is 2.47. The normalized spacial score (nSPS) is 10.8. The van der Waals surface area contributed by atoms with E-state index in [2.05, 4.69) is 0 Å². The van der Waals surface area contributed by atoms with E-state index in [4.69, 9.17) is 11.0 Å². The molecule has 2 rings (SSSR count). The second kappa shape index (κ2) is 5.23. The van der Waals surface area contributed by atoms with Crippen molar-refractivity contribution < 1.29 is 8.42 Å². The highest BCUT2D eigenvalue weighted by atomic mass is 32.2. The predicted molar refractivity (Wildman–Crippen MR) is 77.6 cm³/mol. The van der Waals surface area contributed by atoms with Crippen LogP contribution >= 0.6 is 0 Å². The zero-order chi connectivity index (χ0) is 14.8. The van der Waals surface area contributed by atoms with Crippen molar-refractivity contribution >= 4 is 21.4 Å². The molecule has 0 radical (unpaired) electrons. The SMILES string of the molecule is CN(c1ccc(N)cc1)S(=O)(=O)c1ccc(C#N)cc1. The maximum Gasteiger partial charge on any atom is 0.264 e. The van der Waals surface area contributed by atoms with Gasteiger partial charge >= 0.3 is 0 Å². The fraction of sp³-hybridized carbons (Fsp3) is 0.0714. The summed E-state index contributed by atoms with van der Waals surface area (Å²) in [4.78, 5) is 0.135. The molecule has 102 valence electrons. The minimum absolute atomic E-state index is 0.135. The van der Waals surface area contributed by atoms with Crippen LogP contribution in [0.5, 0.6) is 0 Å². The molecular formula is C14H13N3O2S. The van der Waals surface area contributed by atoms with Gasteiger partial charge in [-0.3, -0.25) is 4.31 Å². The number of sulfonamides is 1. The second-order valence-corrected chi connectivity index (χ2v) is 6.17. The van der Waals surface area contributed by atoms with Crippen LogP contribution in [-0.2, 0) is 10.0 Å². The fourth-order valence-corrected chi connectivity index (χ4v) is 2.88. The van der Waals surface area contributed by atoms with E-state index in [0.29, 0.717) is 16.9 Å². The number of hydrogen-bond donors (Lipinski definition) is 1. The molecule has 0 aromatic heterocycles. The summed E-state index contributed by atoms with van der Waals surface area (Å²) < 4.78 is 26.0. The Morgan fingerprint density at radius 3 is 2.10 bits per heavy atom. The summed E-state index contributed by atoms with van der Waals surface area (Å²) in [7, 11) is -2.18. The lowest BCUT2D eigenvalue weighted by atomic mass is 10.2. The van der Waals surface area contributed by atoms with E-state index < -0.39 is 10.0 Å². The lowest BCUT2D eigenvalue weighted by Gasteiger charge is -2.19. The van der Waals surface area contributed by atoms with Crippen LogP contribution in [0.2, 0.25) is 0 Å². The molecule has 0 saturated heterocycles. The average molecular weight is 287 g/mol. The van der Waals surface area contributed by atoms with Gasteiger partial charge in [0.2, 0.25) is 0 Å². The van der Waals surface area contributed by atoms with Gasteiger partial charge in [-0.25, -0.2) is 8.42 Å². The molecule has 0 bridgehead atoms. The molecule has 0 amide bonds. The molecule has 0 spiro atoms. The van der Waals surface area contributed by atoms with E-state index in [0.717, 1.165) is 0 Å². The van der Waals surface area contributed by atoms with E-state index in [1.165, 1.54) is 35.6 Å². The third kappa shape index (κ3) is 2.58. The zero-order valence-corrected chi connectivity index (χ0v) is 11.6. The van der Waals surface area contributed by atoms with Gasteiger partial charge in [0.15, 0.2) is 0 Å². The number of nitriles is 1. The van der Waals surface area contributed by atoms with E-state index in [-0.39, 0.29) is 4.90 Å². The molecule has 0 saturated carbocycles. The molecule has 0 heterocycles. The van der Waals surface area contributed by atoms with Crippen molar-refractivity contribution in [3.8, 4) is 6.07 Å². The zero-order valence-electron chi connectivity index (χ0n) is 10.8. The van der Waals surface area contributed by atoms with E-state index in [9.17, 15) is 8.42 Å². The van der Waals surface area contributed by atoms with Gasteiger partial charge in [-0.15, -0.1) is 0 Å². The number of nitrogen functional groups attached to an aromatic ring is 1. The minimum atomic E-state index is -3.65. The van der Waals surface area contributed by atoms with Gasteiger partial charge < -0.3 is 5.73 Å². The fourth-order valence-electron chi connectivity index (χ4n) is 1.68. The maximum atomic E-state index is 12.4. The van der Waals surface area contributed by atoms with Crippen LogP contribution in [0.4, 0.5) is 11.4 Å². The molecule has 0 unspecified atom stereocenters. The highest BCUT2D eigenvalue weighted by Gasteiger charge is 2.20. The van der Waals surface area contributed by atoms with Gasteiger partial charge in [-0.2, -0.15) is 5.26 Å². The van der Waals surface area contributed by atoms with Crippen LogP contribution in [0.1, 0.15) is 5.56 Å². The first-order chi connectivity index (χ1) is 9.45. The molecule has 0 aliphatic rings. The summed E-state index contributed by atoms with van der Waals surface area (Å²) in [6, 6.07) is 14.3. The highest BCUT2D eigenvalue weighted by Crippen LogP contribution is 2.22. The van der Waals surface area contributed by atoms with E-state index in [1.807, 2.05) is 6.07 Å². The monoisotopic (exact) mass is 287 g/mol. The summed E-state index contributed by atoms with van der Waals surface area (Å²) in [6.45, 7) is 0. The molecular weight excluding hydrogens is 274 g/mol. The number of hydrogen-bond acceptors (Lipinski definition) is 4. The first-order valence-corrected chi connectivity index (χ1v) is 7.24. The lowest BCUT2D eigenvalue weighted by molar-refractivity contribution is 0.594. The molecule has 0 aliphatic carbocycles. The standard InChI is InChI=1S/C14H13N3O2S/c1-17(13-6-4-12(16)5-7-13)20(18,19)14-8-2-11(10-15)3-9-14/h2-9H,16H2,1H3. The molecule has 2 aromatic rings. The number of nitrogens with two attached hydrogens (primary N) is 1. The second-order valence-electron chi connectivity index (χ2n) is 4.20. The van der Waals surface area contributed by atoms with Crippen LogP contribution in [0.3, 0.4) is 0 Å². The Balaban J connectivity index is 2.38. The third-order valence-electron chi connectivity index (χ3n) is 2.90. The van der Waals surface area contributed by atoms with Crippen LogP contribution in [0, 0.1) is 11.3 Å². The Hall–Kier alpha value is -2.52. The van der Waals surface area contributed by atoms with Gasteiger partial charge in [0, 0.05) is 12.7 Å². The summed E-state index contributed by atoms with van der Waals surface area (Å²) in [5.41, 5.74) is 7.08. The Bertz CT molecular complexity index is 745. The van der Waals surface area contributed by atoms with Crippen molar-refractivity contribution in [3.05, 3.63) is 54.1 Å².